The van der Waals surface area contributed by atoms with Gasteiger partial charge in [-0.15, -0.1) is 0 Å². The van der Waals surface area contributed by atoms with Crippen molar-refractivity contribution in [3.63, 3.8) is 0 Å². The van der Waals surface area contributed by atoms with Gasteiger partial charge in [0, 0.05) is 12.2 Å². The number of nitrogens with two attached hydrogens (primary N) is 1. The highest BCUT2D eigenvalue weighted by atomic mass is 32.2. The van der Waals surface area contributed by atoms with Gasteiger partial charge < -0.3 is 10.3 Å². The fourth-order valence-electron chi connectivity index (χ4n) is 2.35. The van der Waals surface area contributed by atoms with Gasteiger partial charge >= 0.3 is 0 Å². The summed E-state index contributed by atoms with van der Waals surface area (Å²) >= 11 is 0. The van der Waals surface area contributed by atoms with E-state index in [-0.39, 0.29) is 29.5 Å². The third-order valence-electron chi connectivity index (χ3n) is 3.37. The lowest BCUT2D eigenvalue weighted by molar-refractivity contribution is 0.439. The lowest BCUT2D eigenvalue weighted by Gasteiger charge is -2.21. The van der Waals surface area contributed by atoms with E-state index in [1.807, 2.05) is 4.57 Å². The first-order valence-electron chi connectivity index (χ1n) is 5.88. The van der Waals surface area contributed by atoms with Crippen molar-refractivity contribution >= 4 is 9.84 Å². The second kappa shape index (κ2) is 4.42. The molecule has 0 amide bonds. The molecule has 1 aliphatic heterocycles. The van der Waals surface area contributed by atoms with Crippen LogP contribution in [0.1, 0.15) is 38.0 Å². The molecule has 17 heavy (non-hydrogen) atoms. The molecule has 2 heterocycles. The van der Waals surface area contributed by atoms with Crippen molar-refractivity contribution in [3.8, 4) is 0 Å². The minimum atomic E-state index is -2.87. The second-order valence-electron chi connectivity index (χ2n) is 5.01. The molecule has 0 radical (unpaired) electrons. The van der Waals surface area contributed by atoms with Gasteiger partial charge in [-0.25, -0.2) is 13.4 Å². The molecular formula is C11H19N3O2S. The van der Waals surface area contributed by atoms with Crippen LogP contribution in [0.15, 0.2) is 12.5 Å². The summed E-state index contributed by atoms with van der Waals surface area (Å²) in [4.78, 5) is 4.11. The maximum absolute atomic E-state index is 11.5. The SMILES string of the molecule is CC(C)n1cncc1C(N)C1CCS(=O)(=O)C1. The Bertz CT molecular complexity index is 493. The highest BCUT2D eigenvalue weighted by Crippen LogP contribution is 2.30. The van der Waals surface area contributed by atoms with Gasteiger partial charge in [0.2, 0.25) is 0 Å². The fraction of sp³-hybridized carbons (Fsp3) is 0.727. The van der Waals surface area contributed by atoms with Crippen molar-refractivity contribution in [1.82, 2.24) is 9.55 Å². The molecular weight excluding hydrogens is 238 g/mol. The van der Waals surface area contributed by atoms with Crippen LogP contribution in [0.2, 0.25) is 0 Å². The second-order valence-corrected chi connectivity index (χ2v) is 7.24. The molecule has 0 bridgehead atoms. The highest BCUT2D eigenvalue weighted by molar-refractivity contribution is 7.91. The summed E-state index contributed by atoms with van der Waals surface area (Å²) in [7, 11) is -2.87. The first-order valence-corrected chi connectivity index (χ1v) is 7.70. The molecule has 2 atom stereocenters. The largest absolute Gasteiger partial charge is 0.331 e. The average molecular weight is 257 g/mol. The lowest BCUT2D eigenvalue weighted by atomic mass is 9.97. The molecule has 0 saturated carbocycles. The van der Waals surface area contributed by atoms with Gasteiger partial charge in [0.25, 0.3) is 0 Å². The summed E-state index contributed by atoms with van der Waals surface area (Å²) in [5, 5.41) is 0. The Morgan fingerprint density at radius 3 is 2.76 bits per heavy atom. The molecule has 0 aromatic carbocycles. The quantitative estimate of drug-likeness (QED) is 0.872. The Labute approximate surface area is 102 Å². The summed E-state index contributed by atoms with van der Waals surface area (Å²) in [5.41, 5.74) is 7.11. The van der Waals surface area contributed by atoms with Crippen molar-refractivity contribution in [1.29, 1.82) is 0 Å². The van der Waals surface area contributed by atoms with E-state index in [0.29, 0.717) is 6.42 Å². The summed E-state index contributed by atoms with van der Waals surface area (Å²) in [6, 6.07) is 0.0498. The molecule has 1 aliphatic rings. The van der Waals surface area contributed by atoms with Crippen LogP contribution in [0.4, 0.5) is 0 Å². The van der Waals surface area contributed by atoms with Gasteiger partial charge in [-0.05, 0) is 26.2 Å². The number of sulfone groups is 1. The molecule has 1 aromatic heterocycles. The number of hydrogen-bond acceptors (Lipinski definition) is 4. The van der Waals surface area contributed by atoms with Crippen LogP contribution < -0.4 is 5.73 Å². The molecule has 2 unspecified atom stereocenters. The van der Waals surface area contributed by atoms with E-state index in [1.165, 1.54) is 0 Å². The zero-order valence-electron chi connectivity index (χ0n) is 10.2. The highest BCUT2D eigenvalue weighted by Gasteiger charge is 2.34. The number of imidazole rings is 1. The van der Waals surface area contributed by atoms with E-state index < -0.39 is 9.84 Å². The van der Waals surface area contributed by atoms with Gasteiger partial charge in [-0.1, -0.05) is 0 Å². The predicted octanol–water partition coefficient (Wildman–Crippen LogP) is 0.899. The van der Waals surface area contributed by atoms with Gasteiger partial charge in [-0.3, -0.25) is 0 Å². The van der Waals surface area contributed by atoms with E-state index in [2.05, 4.69) is 18.8 Å². The molecule has 1 aromatic rings. The van der Waals surface area contributed by atoms with Crippen molar-refractivity contribution in [3.05, 3.63) is 18.2 Å². The average Bonchev–Trinajstić information content (AvgIpc) is 2.82. The molecule has 2 N–H and O–H groups in total. The third-order valence-corrected chi connectivity index (χ3v) is 5.16. The minimum absolute atomic E-state index is 0.0224. The van der Waals surface area contributed by atoms with Crippen molar-refractivity contribution in [2.24, 2.45) is 11.7 Å². The molecule has 5 nitrogen and oxygen atoms in total. The Morgan fingerprint density at radius 1 is 1.53 bits per heavy atom. The minimum Gasteiger partial charge on any atom is -0.331 e. The van der Waals surface area contributed by atoms with E-state index in [1.54, 1.807) is 12.5 Å². The Morgan fingerprint density at radius 2 is 2.24 bits per heavy atom. The lowest BCUT2D eigenvalue weighted by Crippen LogP contribution is -2.25. The topological polar surface area (TPSA) is 78.0 Å². The zero-order valence-corrected chi connectivity index (χ0v) is 11.0. The number of hydrogen-bond donors (Lipinski definition) is 1. The maximum atomic E-state index is 11.5. The van der Waals surface area contributed by atoms with Crippen molar-refractivity contribution < 1.29 is 8.42 Å². The van der Waals surface area contributed by atoms with Crippen LogP contribution in [-0.2, 0) is 9.84 Å². The third kappa shape index (κ3) is 2.52. The molecule has 1 fully saturated rings. The molecule has 6 heteroatoms. The smallest absolute Gasteiger partial charge is 0.150 e. The summed E-state index contributed by atoms with van der Waals surface area (Å²) < 4.78 is 24.9. The Balaban J connectivity index is 2.20. The Hall–Kier alpha value is -0.880. The molecule has 0 spiro atoms. The van der Waals surface area contributed by atoms with Crippen LogP contribution in [0.25, 0.3) is 0 Å². The van der Waals surface area contributed by atoms with Crippen LogP contribution in [0.5, 0.6) is 0 Å². The normalized spacial score (nSPS) is 25.3. The van der Waals surface area contributed by atoms with Crippen LogP contribution in [0, 0.1) is 5.92 Å². The predicted molar refractivity (Wildman–Crippen MR) is 66.3 cm³/mol. The van der Waals surface area contributed by atoms with E-state index in [4.69, 9.17) is 5.73 Å². The Kier molecular flexibility index (Phi) is 3.27. The van der Waals surface area contributed by atoms with Crippen LogP contribution in [-0.4, -0.2) is 29.5 Å². The van der Waals surface area contributed by atoms with Crippen molar-refractivity contribution in [2.75, 3.05) is 11.5 Å². The van der Waals surface area contributed by atoms with Gasteiger partial charge in [0.05, 0.1) is 29.6 Å². The van der Waals surface area contributed by atoms with Crippen LogP contribution >= 0.6 is 0 Å². The van der Waals surface area contributed by atoms with Gasteiger partial charge in [0.15, 0.2) is 9.84 Å². The van der Waals surface area contributed by atoms with E-state index in [0.717, 1.165) is 5.69 Å². The first-order chi connectivity index (χ1) is 7.91. The van der Waals surface area contributed by atoms with Crippen LogP contribution in [0.3, 0.4) is 0 Å². The van der Waals surface area contributed by atoms with Gasteiger partial charge in [0.1, 0.15) is 0 Å². The fourth-order valence-corrected chi connectivity index (χ4v) is 4.21. The molecule has 96 valence electrons. The molecule has 0 aliphatic carbocycles. The molecule has 2 rings (SSSR count). The first kappa shape index (κ1) is 12.6. The number of rotatable bonds is 3. The standard InChI is InChI=1S/C11H19N3O2S/c1-8(2)14-7-13-5-10(14)11(12)9-3-4-17(15,16)6-9/h5,7-9,11H,3-4,6,12H2,1-2H3. The van der Waals surface area contributed by atoms with Gasteiger partial charge in [-0.2, -0.15) is 0 Å². The maximum Gasteiger partial charge on any atom is 0.150 e. The van der Waals surface area contributed by atoms with E-state index >= 15 is 0 Å². The molecule has 1 saturated heterocycles. The van der Waals surface area contributed by atoms with E-state index in [9.17, 15) is 8.42 Å². The summed E-state index contributed by atoms with van der Waals surface area (Å²) in [6.45, 7) is 4.12. The number of aromatic nitrogens is 2. The summed E-state index contributed by atoms with van der Waals surface area (Å²) in [6.07, 6.45) is 4.16. The zero-order chi connectivity index (χ0) is 12.6. The summed E-state index contributed by atoms with van der Waals surface area (Å²) in [5.74, 6) is 0.493. The van der Waals surface area contributed by atoms with Crippen molar-refractivity contribution in [2.45, 2.75) is 32.4 Å². The number of nitrogens with zero attached hydrogens (tertiary/aromatic N) is 2. The monoisotopic (exact) mass is 257 g/mol.